The first-order valence-electron chi connectivity index (χ1n) is 12.6. The molecule has 2 atom stereocenters. The number of benzene rings is 2. The Morgan fingerprint density at radius 1 is 1.07 bits per heavy atom. The molecule has 2 aromatic heterocycles. The van der Waals surface area contributed by atoms with Crippen molar-refractivity contribution < 1.29 is 13.9 Å². The summed E-state index contributed by atoms with van der Waals surface area (Å²) >= 11 is 18.2. The second-order valence-electron chi connectivity index (χ2n) is 10.4. The molecule has 40 heavy (non-hydrogen) atoms. The average molecular weight is 596 g/mol. The van der Waals surface area contributed by atoms with Crippen LogP contribution in [0.5, 0.6) is 5.75 Å². The zero-order valence-corrected chi connectivity index (χ0v) is 24.7. The molecule has 1 fully saturated rings. The molecule has 0 spiro atoms. The van der Waals surface area contributed by atoms with Gasteiger partial charge in [0.05, 0.1) is 34.6 Å². The molecule has 0 bridgehead atoms. The fraction of sp³-hybridized carbons (Fsp3) is 0.233. The number of aromatic nitrogens is 1. The van der Waals surface area contributed by atoms with Gasteiger partial charge in [0.15, 0.2) is 5.11 Å². The van der Waals surface area contributed by atoms with E-state index >= 15 is 0 Å². The largest absolute Gasteiger partial charge is 0.494 e. The molecule has 7 nitrogen and oxygen atoms in total. The Labute approximate surface area is 248 Å². The number of pyridine rings is 1. The van der Waals surface area contributed by atoms with Crippen LogP contribution in [0, 0.1) is 5.41 Å². The number of anilines is 2. The Bertz CT molecular complexity index is 1570. The molecular weight excluding hydrogens is 567 g/mol. The predicted molar refractivity (Wildman–Crippen MR) is 163 cm³/mol. The van der Waals surface area contributed by atoms with E-state index in [2.05, 4.69) is 15.6 Å². The summed E-state index contributed by atoms with van der Waals surface area (Å²) in [6, 6.07) is 19.8. The number of carbonyl (C=O) groups is 1. The minimum Gasteiger partial charge on any atom is -0.494 e. The molecule has 10 heteroatoms. The number of nitrogens with one attached hydrogen (secondary N) is 2. The number of hydrogen-bond acceptors (Lipinski definition) is 5. The van der Waals surface area contributed by atoms with Gasteiger partial charge in [0.1, 0.15) is 23.3 Å². The highest BCUT2D eigenvalue weighted by atomic mass is 35.5. The van der Waals surface area contributed by atoms with Crippen LogP contribution in [0.3, 0.4) is 0 Å². The fourth-order valence-electron chi connectivity index (χ4n) is 4.48. The van der Waals surface area contributed by atoms with E-state index in [9.17, 15) is 4.79 Å². The number of nitrogens with zero attached hydrogens (tertiary/aromatic N) is 2. The molecule has 5 rings (SSSR count). The molecule has 0 radical (unpaired) electrons. The maximum absolute atomic E-state index is 12.6. The van der Waals surface area contributed by atoms with E-state index in [1.807, 2.05) is 80.3 Å². The van der Waals surface area contributed by atoms with Gasteiger partial charge >= 0.3 is 0 Å². The fourth-order valence-corrected chi connectivity index (χ4v) is 5.13. The van der Waals surface area contributed by atoms with Gasteiger partial charge in [0, 0.05) is 28.9 Å². The quantitative estimate of drug-likeness (QED) is 0.220. The van der Waals surface area contributed by atoms with Crippen LogP contribution in [0.1, 0.15) is 44.3 Å². The van der Waals surface area contributed by atoms with Crippen molar-refractivity contribution in [3.05, 3.63) is 94.4 Å². The maximum Gasteiger partial charge on any atom is 0.229 e. The van der Waals surface area contributed by atoms with E-state index in [-0.39, 0.29) is 18.0 Å². The summed E-state index contributed by atoms with van der Waals surface area (Å²) in [5.74, 6) is 1.71. The van der Waals surface area contributed by atoms with Gasteiger partial charge in [-0.3, -0.25) is 9.78 Å². The van der Waals surface area contributed by atoms with Gasteiger partial charge in [-0.15, -0.1) is 0 Å². The minimum absolute atomic E-state index is 0.115. The third kappa shape index (κ3) is 5.52. The zero-order valence-electron chi connectivity index (χ0n) is 22.4. The molecule has 2 N–H and O–H groups in total. The number of thiocarbonyl (C=S) groups is 1. The smallest absolute Gasteiger partial charge is 0.229 e. The Morgan fingerprint density at radius 2 is 1.88 bits per heavy atom. The topological polar surface area (TPSA) is 79.6 Å². The van der Waals surface area contributed by atoms with Gasteiger partial charge in [0.25, 0.3) is 0 Å². The van der Waals surface area contributed by atoms with E-state index in [0.717, 1.165) is 16.9 Å². The number of amides is 1. The second-order valence-corrected chi connectivity index (χ2v) is 11.6. The van der Waals surface area contributed by atoms with Gasteiger partial charge in [-0.2, -0.15) is 0 Å². The van der Waals surface area contributed by atoms with Gasteiger partial charge < -0.3 is 24.7 Å². The van der Waals surface area contributed by atoms with Crippen LogP contribution < -0.4 is 20.3 Å². The number of hydrogen-bond donors (Lipinski definition) is 2. The van der Waals surface area contributed by atoms with Crippen molar-refractivity contribution >= 4 is 57.8 Å². The zero-order chi connectivity index (χ0) is 28.6. The lowest BCUT2D eigenvalue weighted by atomic mass is 9.95. The SMILES string of the molecule is COc1cc(N2C(=S)N[C@@H](c3ccccn3)[C@H]2c2ccc(-c3ccc(Cl)c(Cl)c3)o2)ccc1NC(=O)C(C)(C)C. The highest BCUT2D eigenvalue weighted by Crippen LogP contribution is 2.44. The molecule has 1 aliphatic heterocycles. The van der Waals surface area contributed by atoms with Crippen molar-refractivity contribution in [2.24, 2.45) is 5.41 Å². The minimum atomic E-state index is -0.559. The van der Waals surface area contributed by atoms with Crippen LogP contribution in [-0.2, 0) is 4.79 Å². The Kier molecular flexibility index (Phi) is 7.77. The van der Waals surface area contributed by atoms with Crippen molar-refractivity contribution in [2.45, 2.75) is 32.9 Å². The monoisotopic (exact) mass is 594 g/mol. The van der Waals surface area contributed by atoms with Crippen molar-refractivity contribution in [2.75, 3.05) is 17.3 Å². The molecule has 0 unspecified atom stereocenters. The van der Waals surface area contributed by atoms with E-state index in [1.165, 1.54) is 0 Å². The lowest BCUT2D eigenvalue weighted by Gasteiger charge is -2.27. The van der Waals surface area contributed by atoms with Crippen LogP contribution in [0.15, 0.2) is 77.3 Å². The van der Waals surface area contributed by atoms with Crippen LogP contribution in [0.4, 0.5) is 11.4 Å². The highest BCUT2D eigenvalue weighted by Gasteiger charge is 2.43. The molecule has 206 valence electrons. The molecular formula is C30H28Cl2N4O3S. The van der Waals surface area contributed by atoms with Crippen molar-refractivity contribution in [1.29, 1.82) is 0 Å². The molecule has 0 saturated carbocycles. The molecule has 1 saturated heterocycles. The number of carbonyl (C=O) groups excluding carboxylic acids is 1. The van der Waals surface area contributed by atoms with Gasteiger partial charge in [-0.1, -0.05) is 50.0 Å². The molecule has 2 aromatic carbocycles. The first kappa shape index (κ1) is 28.0. The van der Waals surface area contributed by atoms with Crippen LogP contribution in [-0.4, -0.2) is 23.1 Å². The molecule has 0 aliphatic carbocycles. The summed E-state index contributed by atoms with van der Waals surface area (Å²) in [5.41, 5.74) is 2.39. The first-order valence-corrected chi connectivity index (χ1v) is 13.8. The highest BCUT2D eigenvalue weighted by molar-refractivity contribution is 7.80. The van der Waals surface area contributed by atoms with Crippen molar-refractivity contribution in [3.63, 3.8) is 0 Å². The normalized spacial score (nSPS) is 17.1. The number of rotatable bonds is 6. The summed E-state index contributed by atoms with van der Waals surface area (Å²) in [5, 5.41) is 7.80. The van der Waals surface area contributed by atoms with Crippen LogP contribution in [0.2, 0.25) is 10.0 Å². The van der Waals surface area contributed by atoms with E-state index in [0.29, 0.717) is 38.1 Å². The first-order chi connectivity index (χ1) is 19.1. The summed E-state index contributed by atoms with van der Waals surface area (Å²) in [6.07, 6.45) is 1.75. The summed E-state index contributed by atoms with van der Waals surface area (Å²) in [6.45, 7) is 5.57. The van der Waals surface area contributed by atoms with Gasteiger partial charge in [0.2, 0.25) is 5.91 Å². The molecule has 1 aliphatic rings. The van der Waals surface area contributed by atoms with E-state index in [1.54, 1.807) is 25.4 Å². The summed E-state index contributed by atoms with van der Waals surface area (Å²) in [4.78, 5) is 19.2. The maximum atomic E-state index is 12.6. The molecule has 3 heterocycles. The number of ether oxygens (including phenoxy) is 1. The lowest BCUT2D eigenvalue weighted by molar-refractivity contribution is -0.123. The third-order valence-corrected chi connectivity index (χ3v) is 7.67. The second kappa shape index (κ2) is 11.1. The number of methoxy groups -OCH3 is 1. The lowest BCUT2D eigenvalue weighted by Crippen LogP contribution is -2.30. The third-order valence-electron chi connectivity index (χ3n) is 6.61. The van der Waals surface area contributed by atoms with Gasteiger partial charge in [-0.25, -0.2) is 0 Å². The van der Waals surface area contributed by atoms with Crippen molar-refractivity contribution in [3.8, 4) is 17.1 Å². The average Bonchev–Trinajstić information content (AvgIpc) is 3.55. The van der Waals surface area contributed by atoms with Crippen LogP contribution in [0.25, 0.3) is 11.3 Å². The molecule has 1 amide bonds. The molecule has 4 aromatic rings. The van der Waals surface area contributed by atoms with Gasteiger partial charge in [-0.05, 0) is 66.8 Å². The predicted octanol–water partition coefficient (Wildman–Crippen LogP) is 7.82. The van der Waals surface area contributed by atoms with E-state index < -0.39 is 5.41 Å². The Morgan fingerprint density at radius 3 is 2.55 bits per heavy atom. The summed E-state index contributed by atoms with van der Waals surface area (Å²) in [7, 11) is 1.57. The standard InChI is InChI=1S/C30H28Cl2N4O3S/c1-30(2,3)28(37)34-21-11-9-18(16-25(21)38-4)36-27(26(35-29(36)40)22-7-5-6-14-33-22)24-13-12-23(39-24)17-8-10-19(31)20(32)15-17/h5-16,26-27H,1-4H3,(H,34,37)(H,35,40)/t26-,27+/m0/s1. The Hall–Kier alpha value is -3.59. The number of halogens is 2. The van der Waals surface area contributed by atoms with Crippen LogP contribution >= 0.6 is 35.4 Å². The van der Waals surface area contributed by atoms with Crippen molar-refractivity contribution in [1.82, 2.24) is 10.3 Å². The Balaban J connectivity index is 1.56. The number of furan rings is 1. The summed E-state index contributed by atoms with van der Waals surface area (Å²) < 4.78 is 12.1. The van der Waals surface area contributed by atoms with E-state index in [4.69, 9.17) is 44.6 Å².